The molecule has 0 fully saturated rings. The van der Waals surface area contributed by atoms with Gasteiger partial charge in [-0.25, -0.2) is 4.90 Å². The molecule has 1 unspecified atom stereocenters. The summed E-state index contributed by atoms with van der Waals surface area (Å²) in [6.45, 7) is 3.36. The zero-order valence-corrected chi connectivity index (χ0v) is 21.7. The van der Waals surface area contributed by atoms with E-state index in [1.807, 2.05) is 13.8 Å². The lowest BCUT2D eigenvalue weighted by molar-refractivity contribution is -0.129. The number of nitrogens with one attached hydrogen (secondary N) is 1. The highest BCUT2D eigenvalue weighted by molar-refractivity contribution is 6.39. The van der Waals surface area contributed by atoms with Gasteiger partial charge in [0.2, 0.25) is 0 Å². The van der Waals surface area contributed by atoms with E-state index in [1.54, 1.807) is 0 Å². The van der Waals surface area contributed by atoms with Crippen molar-refractivity contribution in [2.45, 2.75) is 26.3 Å². The minimum Gasteiger partial charge on any atom is -0.447 e. The summed E-state index contributed by atoms with van der Waals surface area (Å²) in [5, 5.41) is 12.8. The van der Waals surface area contributed by atoms with Crippen LogP contribution in [0.3, 0.4) is 0 Å². The quantitative estimate of drug-likeness (QED) is 0.181. The number of carbonyl (C=O) groups excluding carboxylic acids is 6. The number of hydrogen-bond acceptors (Lipinski definition) is 8. The molecule has 1 atom stereocenters. The van der Waals surface area contributed by atoms with Gasteiger partial charge < -0.3 is 15.2 Å². The fourth-order valence-corrected chi connectivity index (χ4v) is 5.27. The molecule has 11 heteroatoms. The van der Waals surface area contributed by atoms with Crippen LogP contribution in [0.15, 0.2) is 48.5 Å². The van der Waals surface area contributed by atoms with E-state index in [9.17, 15) is 33.9 Å². The van der Waals surface area contributed by atoms with Gasteiger partial charge in [0.15, 0.2) is 6.73 Å². The van der Waals surface area contributed by atoms with Gasteiger partial charge >= 0.3 is 0 Å². The summed E-state index contributed by atoms with van der Waals surface area (Å²) in [7, 11) is 0. The van der Waals surface area contributed by atoms with Crippen molar-refractivity contribution in [2.24, 2.45) is 5.92 Å². The number of aliphatic hydroxyl groups is 1. The monoisotopic (exact) mass is 543 g/mol. The van der Waals surface area contributed by atoms with Crippen LogP contribution < -0.4 is 10.2 Å². The smallest absolute Gasteiger partial charge is 0.294 e. The van der Waals surface area contributed by atoms with Crippen LogP contribution >= 0.6 is 0 Å². The molecule has 11 nitrogen and oxygen atoms in total. The second-order valence-corrected chi connectivity index (χ2v) is 9.92. The van der Waals surface area contributed by atoms with Gasteiger partial charge in [0.25, 0.3) is 36.0 Å². The lowest BCUT2D eigenvalue weighted by Crippen LogP contribution is -2.49. The molecule has 2 aliphatic rings. The third-order valence-electron chi connectivity index (χ3n) is 7.02. The number of hydrogen-bond donors (Lipinski definition) is 2. The molecule has 0 saturated carbocycles. The Morgan fingerprint density at radius 2 is 1.35 bits per heavy atom. The van der Waals surface area contributed by atoms with Gasteiger partial charge in [0.05, 0.1) is 18.3 Å². The van der Waals surface area contributed by atoms with Crippen LogP contribution in [0.1, 0.15) is 72.1 Å². The first kappa shape index (κ1) is 26.7. The molecule has 0 saturated heterocycles. The molecule has 3 aromatic rings. The van der Waals surface area contributed by atoms with Gasteiger partial charge in [-0.3, -0.25) is 33.7 Å². The van der Waals surface area contributed by atoms with Crippen molar-refractivity contribution in [1.82, 2.24) is 10.2 Å². The lowest BCUT2D eigenvalue weighted by Gasteiger charge is -2.35. The van der Waals surface area contributed by atoms with Gasteiger partial charge in [-0.2, -0.15) is 0 Å². The maximum absolute atomic E-state index is 13.6. The lowest BCUT2D eigenvalue weighted by atomic mass is 9.85. The Kier molecular flexibility index (Phi) is 6.90. The molecule has 5 amide bonds. The molecule has 2 heterocycles. The predicted octanol–water partition coefficient (Wildman–Crippen LogP) is 2.50. The zero-order chi connectivity index (χ0) is 28.7. The van der Waals surface area contributed by atoms with Crippen molar-refractivity contribution in [2.75, 3.05) is 18.2 Å². The SMILES string of the molecule is CC(C)CC(CO)N1C(=O)c2ccc3c4c(ccc(c24)C1=O)C(=O)N(c1ccc(C(=O)NCOC=O)cc1)C3=O. The summed E-state index contributed by atoms with van der Waals surface area (Å²) in [6, 6.07) is 10.9. The molecule has 0 aromatic heterocycles. The molecule has 0 aliphatic carbocycles. The first-order valence-electron chi connectivity index (χ1n) is 12.6. The fourth-order valence-electron chi connectivity index (χ4n) is 5.27. The molecule has 5 rings (SSSR count). The average Bonchev–Trinajstić information content (AvgIpc) is 2.94. The number of amides is 5. The van der Waals surface area contributed by atoms with Crippen molar-refractivity contribution in [3.8, 4) is 0 Å². The van der Waals surface area contributed by atoms with Crippen LogP contribution in [0.2, 0.25) is 0 Å². The Labute approximate surface area is 228 Å². The third-order valence-corrected chi connectivity index (χ3v) is 7.02. The molecule has 2 N–H and O–H groups in total. The number of anilines is 1. The standard InChI is InChI=1S/C29H25N3O8/c1-15(2)11-18(12-33)32-28(38)21-9-7-19-23-20(8-10-22(24(21)23)29(32)39)27(37)31(26(19)36)17-5-3-16(4-6-17)25(35)30-13-40-14-34/h3-10,14-15,18,33H,11-13H2,1-2H3,(H,30,35). The maximum atomic E-state index is 13.6. The van der Waals surface area contributed by atoms with Crippen LogP contribution in [0.25, 0.3) is 10.8 Å². The second kappa shape index (κ2) is 10.3. The highest BCUT2D eigenvalue weighted by Crippen LogP contribution is 2.39. The number of carbonyl (C=O) groups is 6. The summed E-state index contributed by atoms with van der Waals surface area (Å²) in [5.41, 5.74) is 1.10. The Bertz CT molecular complexity index is 1520. The van der Waals surface area contributed by atoms with Gasteiger partial charge in [-0.15, -0.1) is 0 Å². The Morgan fingerprint density at radius 3 is 1.80 bits per heavy atom. The van der Waals surface area contributed by atoms with E-state index in [1.165, 1.54) is 48.5 Å². The van der Waals surface area contributed by atoms with Crippen LogP contribution in [-0.2, 0) is 9.53 Å². The van der Waals surface area contributed by atoms with E-state index >= 15 is 0 Å². The van der Waals surface area contributed by atoms with Crippen LogP contribution in [-0.4, -0.2) is 65.4 Å². The first-order chi connectivity index (χ1) is 19.2. The molecule has 0 radical (unpaired) electrons. The molecule has 0 spiro atoms. The molecule has 3 aromatic carbocycles. The van der Waals surface area contributed by atoms with Crippen molar-refractivity contribution in [3.05, 3.63) is 76.3 Å². The number of nitrogens with zero attached hydrogens (tertiary/aromatic N) is 2. The third kappa shape index (κ3) is 4.20. The number of benzene rings is 3. The molecular weight excluding hydrogens is 518 g/mol. The van der Waals surface area contributed by atoms with Crippen LogP contribution in [0.4, 0.5) is 5.69 Å². The minimum atomic E-state index is -0.711. The normalized spacial score (nSPS) is 15.1. The van der Waals surface area contributed by atoms with Crippen molar-refractivity contribution < 1.29 is 38.6 Å². The van der Waals surface area contributed by atoms with E-state index in [-0.39, 0.29) is 70.0 Å². The largest absolute Gasteiger partial charge is 0.447 e. The van der Waals surface area contributed by atoms with Crippen LogP contribution in [0, 0.1) is 5.92 Å². The summed E-state index contributed by atoms with van der Waals surface area (Å²) < 4.78 is 4.45. The molecular formula is C29H25N3O8. The zero-order valence-electron chi connectivity index (χ0n) is 21.7. The first-order valence-corrected chi connectivity index (χ1v) is 12.6. The van der Waals surface area contributed by atoms with Gasteiger partial charge in [0, 0.05) is 38.6 Å². The summed E-state index contributed by atoms with van der Waals surface area (Å²) in [5.74, 6) is -2.86. The molecule has 0 bridgehead atoms. The Balaban J connectivity index is 1.53. The fraction of sp³-hybridized carbons (Fsp3) is 0.241. The molecule has 40 heavy (non-hydrogen) atoms. The molecule has 204 valence electrons. The van der Waals surface area contributed by atoms with Crippen molar-refractivity contribution >= 4 is 52.5 Å². The Morgan fingerprint density at radius 1 is 0.850 bits per heavy atom. The van der Waals surface area contributed by atoms with Crippen LogP contribution in [0.5, 0.6) is 0 Å². The molecule has 2 aliphatic heterocycles. The topological polar surface area (TPSA) is 150 Å². The van der Waals surface area contributed by atoms with Gasteiger partial charge in [-0.05, 0) is 60.9 Å². The van der Waals surface area contributed by atoms with E-state index in [4.69, 9.17) is 0 Å². The maximum Gasteiger partial charge on any atom is 0.294 e. The van der Waals surface area contributed by atoms with E-state index < -0.39 is 35.6 Å². The van der Waals surface area contributed by atoms with Crippen molar-refractivity contribution in [1.29, 1.82) is 0 Å². The Hall–Kier alpha value is -4.90. The number of aliphatic hydroxyl groups excluding tert-OH is 1. The number of ether oxygens (including phenoxy) is 1. The second-order valence-electron chi connectivity index (χ2n) is 9.92. The predicted molar refractivity (Wildman–Crippen MR) is 142 cm³/mol. The van der Waals surface area contributed by atoms with Crippen molar-refractivity contribution in [3.63, 3.8) is 0 Å². The van der Waals surface area contributed by atoms with Gasteiger partial charge in [0.1, 0.15) is 0 Å². The highest BCUT2D eigenvalue weighted by Gasteiger charge is 2.42. The summed E-state index contributed by atoms with van der Waals surface area (Å²) >= 11 is 0. The average molecular weight is 544 g/mol. The highest BCUT2D eigenvalue weighted by atomic mass is 16.5. The number of imide groups is 2. The van der Waals surface area contributed by atoms with E-state index in [0.29, 0.717) is 6.42 Å². The number of rotatable bonds is 9. The minimum absolute atomic E-state index is 0.121. The van der Waals surface area contributed by atoms with Gasteiger partial charge in [-0.1, -0.05) is 13.8 Å². The van der Waals surface area contributed by atoms with E-state index in [0.717, 1.165) is 9.80 Å². The van der Waals surface area contributed by atoms with E-state index in [2.05, 4.69) is 10.1 Å². The summed E-state index contributed by atoms with van der Waals surface area (Å²) in [4.78, 5) is 78.7. The summed E-state index contributed by atoms with van der Waals surface area (Å²) in [6.07, 6.45) is 0.418.